The number of ether oxygens (including phenoxy) is 4. The Balaban J connectivity index is 5.20. The van der Waals surface area contributed by atoms with E-state index in [1.54, 1.807) is 0 Å². The van der Waals surface area contributed by atoms with Crippen molar-refractivity contribution in [1.29, 1.82) is 0 Å². The highest BCUT2D eigenvalue weighted by Gasteiger charge is 2.30. The molecule has 0 saturated heterocycles. The van der Waals surface area contributed by atoms with Crippen molar-refractivity contribution in [1.82, 2.24) is 0 Å². The Labute approximate surface area is 562 Å². The third kappa shape index (κ3) is 66.7. The number of rotatable bonds is 72. The first-order valence-corrected chi connectivity index (χ1v) is 41.0. The summed E-state index contributed by atoms with van der Waals surface area (Å²) in [4.78, 5) is 72.6. The monoisotopic (exact) mass is 1350 g/mol. The van der Waals surface area contributed by atoms with Gasteiger partial charge in [-0.05, 0) is 37.5 Å². The molecule has 0 amide bonds. The fraction of sp³-hybridized carbons (Fsp3) is 0.945. The second-order valence-electron chi connectivity index (χ2n) is 27.3. The number of carbonyl (C=O) groups excluding carboxylic acids is 4. The second kappa shape index (κ2) is 65.0. The molecular formula is C73H142O17P2. The Morgan fingerprint density at radius 3 is 0.739 bits per heavy atom. The molecule has 0 heterocycles. The van der Waals surface area contributed by atoms with E-state index in [1.807, 2.05) is 0 Å². The Morgan fingerprint density at radius 2 is 0.500 bits per heavy atom. The van der Waals surface area contributed by atoms with E-state index >= 15 is 0 Å². The number of phosphoric ester groups is 2. The van der Waals surface area contributed by atoms with Gasteiger partial charge < -0.3 is 33.8 Å². The lowest BCUT2D eigenvalue weighted by Crippen LogP contribution is -2.30. The van der Waals surface area contributed by atoms with Crippen LogP contribution in [-0.4, -0.2) is 96.7 Å². The van der Waals surface area contributed by atoms with Crippen molar-refractivity contribution in [2.45, 2.75) is 394 Å². The maximum absolute atomic E-state index is 13.1. The van der Waals surface area contributed by atoms with Crippen LogP contribution in [0.3, 0.4) is 0 Å². The molecule has 0 bridgehead atoms. The molecular weight excluding hydrogens is 1210 g/mol. The van der Waals surface area contributed by atoms with E-state index < -0.39 is 97.5 Å². The molecule has 17 nitrogen and oxygen atoms in total. The Kier molecular flexibility index (Phi) is 63.7. The zero-order valence-electron chi connectivity index (χ0n) is 59.9. The van der Waals surface area contributed by atoms with Crippen molar-refractivity contribution >= 4 is 39.5 Å². The number of hydrogen-bond donors (Lipinski definition) is 3. The minimum atomic E-state index is -4.95. The summed E-state index contributed by atoms with van der Waals surface area (Å²) >= 11 is 0. The van der Waals surface area contributed by atoms with Crippen LogP contribution < -0.4 is 0 Å². The van der Waals surface area contributed by atoms with Crippen LogP contribution >= 0.6 is 15.6 Å². The SMILES string of the molecule is CCCCCCCCCCCCCCCCC(=O)OC[C@H](COP(=O)(O)OC[C@@H](O)COP(=O)(O)OC[C@@H](COC(=O)CCCCCCCCC)OC(=O)CCCCCCCCCCCCC(C)C)OC(=O)CCCCCCCCCCCCCCCCCC(C)C. The predicted octanol–water partition coefficient (Wildman–Crippen LogP) is 21.2. The molecule has 0 fully saturated rings. The third-order valence-electron chi connectivity index (χ3n) is 17.0. The average Bonchev–Trinajstić information content (AvgIpc) is 2.66. The Hall–Kier alpha value is -1.94. The molecule has 5 atom stereocenters. The van der Waals surface area contributed by atoms with Gasteiger partial charge in [0, 0.05) is 25.7 Å². The number of aliphatic hydroxyl groups is 1. The highest BCUT2D eigenvalue weighted by atomic mass is 31.2. The van der Waals surface area contributed by atoms with E-state index in [0.717, 1.165) is 115 Å². The molecule has 92 heavy (non-hydrogen) atoms. The summed E-state index contributed by atoms with van der Waals surface area (Å²) in [5.41, 5.74) is 0. The number of carbonyl (C=O) groups is 4. The zero-order chi connectivity index (χ0) is 67.9. The summed E-state index contributed by atoms with van der Waals surface area (Å²) in [6, 6.07) is 0. The van der Waals surface area contributed by atoms with Crippen molar-refractivity contribution in [3.63, 3.8) is 0 Å². The zero-order valence-corrected chi connectivity index (χ0v) is 61.6. The number of esters is 4. The van der Waals surface area contributed by atoms with Crippen molar-refractivity contribution in [2.24, 2.45) is 11.8 Å². The number of aliphatic hydroxyl groups excluding tert-OH is 1. The highest BCUT2D eigenvalue weighted by Crippen LogP contribution is 2.45. The first-order valence-electron chi connectivity index (χ1n) is 38.0. The first-order chi connectivity index (χ1) is 44.4. The van der Waals surface area contributed by atoms with Crippen LogP contribution in [-0.2, 0) is 65.4 Å². The molecule has 0 spiro atoms. The molecule has 0 aliphatic carbocycles. The van der Waals surface area contributed by atoms with Gasteiger partial charge in [0.15, 0.2) is 12.2 Å². The summed E-state index contributed by atoms with van der Waals surface area (Å²) in [5, 5.41) is 10.6. The van der Waals surface area contributed by atoms with Crippen LogP contribution in [0, 0.1) is 11.8 Å². The normalized spacial score (nSPS) is 14.1. The van der Waals surface area contributed by atoms with E-state index in [1.165, 1.54) is 180 Å². The van der Waals surface area contributed by atoms with Crippen LogP contribution in [0.25, 0.3) is 0 Å². The number of unbranched alkanes of at least 4 members (excludes halogenated alkanes) is 42. The van der Waals surface area contributed by atoms with Crippen LogP contribution in [0.5, 0.6) is 0 Å². The van der Waals surface area contributed by atoms with Gasteiger partial charge in [0.1, 0.15) is 19.3 Å². The van der Waals surface area contributed by atoms with Crippen molar-refractivity contribution in [3.8, 4) is 0 Å². The summed E-state index contributed by atoms with van der Waals surface area (Å²) in [6.07, 6.45) is 51.4. The van der Waals surface area contributed by atoms with Crippen LogP contribution in [0.1, 0.15) is 375 Å². The van der Waals surface area contributed by atoms with Crippen LogP contribution in [0.15, 0.2) is 0 Å². The molecule has 0 aromatic carbocycles. The molecule has 546 valence electrons. The largest absolute Gasteiger partial charge is 0.472 e. The fourth-order valence-corrected chi connectivity index (χ4v) is 12.7. The Morgan fingerprint density at radius 1 is 0.293 bits per heavy atom. The molecule has 0 saturated carbocycles. The van der Waals surface area contributed by atoms with Gasteiger partial charge in [0.25, 0.3) is 0 Å². The fourth-order valence-electron chi connectivity index (χ4n) is 11.1. The van der Waals surface area contributed by atoms with E-state index in [4.69, 9.17) is 37.0 Å². The summed E-state index contributed by atoms with van der Waals surface area (Å²) in [6.45, 7) is 9.55. The van der Waals surface area contributed by atoms with Gasteiger partial charge in [-0.1, -0.05) is 324 Å². The molecule has 0 aromatic rings. The van der Waals surface area contributed by atoms with Crippen molar-refractivity contribution in [2.75, 3.05) is 39.6 Å². The highest BCUT2D eigenvalue weighted by molar-refractivity contribution is 7.47. The van der Waals surface area contributed by atoms with Gasteiger partial charge in [-0.2, -0.15) is 0 Å². The van der Waals surface area contributed by atoms with Crippen LogP contribution in [0.4, 0.5) is 0 Å². The van der Waals surface area contributed by atoms with Gasteiger partial charge in [-0.25, -0.2) is 9.13 Å². The molecule has 19 heteroatoms. The lowest BCUT2D eigenvalue weighted by atomic mass is 10.0. The maximum Gasteiger partial charge on any atom is 0.472 e. The minimum Gasteiger partial charge on any atom is -0.462 e. The van der Waals surface area contributed by atoms with E-state index in [0.29, 0.717) is 25.7 Å². The molecule has 0 aliphatic heterocycles. The van der Waals surface area contributed by atoms with Gasteiger partial charge in [-0.15, -0.1) is 0 Å². The average molecular weight is 1350 g/mol. The van der Waals surface area contributed by atoms with Gasteiger partial charge in [0.2, 0.25) is 0 Å². The quantitative estimate of drug-likeness (QED) is 0.0222. The molecule has 2 unspecified atom stereocenters. The van der Waals surface area contributed by atoms with E-state index in [-0.39, 0.29) is 25.7 Å². The van der Waals surface area contributed by atoms with Crippen molar-refractivity contribution in [3.05, 3.63) is 0 Å². The molecule has 0 radical (unpaired) electrons. The summed E-state index contributed by atoms with van der Waals surface area (Å²) < 4.78 is 68.3. The molecule has 0 aliphatic rings. The standard InChI is InChI=1S/C73H142O17P2/c1-7-9-11-13-15-16-17-18-23-26-32-38-44-50-56-71(76)84-62-69(90-72(77)57-51-45-39-33-27-24-21-19-20-22-25-30-36-41-47-53-65(3)4)64-88-92(81,82)86-60-67(74)59-85-91(79,80)87-63-68(61-83-70(75)55-49-43-35-14-12-10-8-2)89-73(78)58-52-46-40-34-29-28-31-37-42-48-54-66(5)6/h65-69,74H,7-64H2,1-6H3,(H,79,80)(H,81,82)/t67-,68+,69+/m0/s1. The summed E-state index contributed by atoms with van der Waals surface area (Å²) in [5.74, 6) is -0.568. The lowest BCUT2D eigenvalue weighted by molar-refractivity contribution is -0.161. The number of phosphoric acid groups is 2. The van der Waals surface area contributed by atoms with Crippen molar-refractivity contribution < 1.29 is 80.2 Å². The minimum absolute atomic E-state index is 0.106. The second-order valence-corrected chi connectivity index (χ2v) is 30.2. The van der Waals surface area contributed by atoms with Gasteiger partial charge in [-0.3, -0.25) is 37.3 Å². The molecule has 0 aromatic heterocycles. The first kappa shape index (κ1) is 90.1. The summed E-state index contributed by atoms with van der Waals surface area (Å²) in [7, 11) is -9.90. The predicted molar refractivity (Wildman–Crippen MR) is 372 cm³/mol. The number of hydrogen-bond acceptors (Lipinski definition) is 15. The topological polar surface area (TPSA) is 237 Å². The Bertz CT molecular complexity index is 1790. The molecule has 0 rings (SSSR count). The van der Waals surface area contributed by atoms with E-state index in [2.05, 4.69) is 41.5 Å². The van der Waals surface area contributed by atoms with Gasteiger partial charge in [0.05, 0.1) is 26.4 Å². The maximum atomic E-state index is 13.1. The molecule has 3 N–H and O–H groups in total. The van der Waals surface area contributed by atoms with Gasteiger partial charge >= 0.3 is 39.5 Å². The smallest absolute Gasteiger partial charge is 0.462 e. The lowest BCUT2D eigenvalue weighted by Gasteiger charge is -2.21. The third-order valence-corrected chi connectivity index (χ3v) is 18.9. The van der Waals surface area contributed by atoms with Crippen LogP contribution in [0.2, 0.25) is 0 Å². The van der Waals surface area contributed by atoms with E-state index in [9.17, 15) is 43.2 Å².